The van der Waals surface area contributed by atoms with Gasteiger partial charge in [-0.15, -0.1) is 0 Å². The van der Waals surface area contributed by atoms with E-state index in [0.717, 1.165) is 4.90 Å². The van der Waals surface area contributed by atoms with Crippen molar-refractivity contribution in [3.05, 3.63) is 75.8 Å². The van der Waals surface area contributed by atoms with E-state index < -0.39 is 46.4 Å². The van der Waals surface area contributed by atoms with Gasteiger partial charge in [0.05, 0.1) is 17.4 Å². The molecule has 2 aromatic carbocycles. The summed E-state index contributed by atoms with van der Waals surface area (Å²) in [6.07, 6.45) is -0.191. The summed E-state index contributed by atoms with van der Waals surface area (Å²) >= 11 is 0. The maximum atomic E-state index is 13.6. The number of hydrogen-bond donors (Lipinski definition) is 2. The van der Waals surface area contributed by atoms with Crippen molar-refractivity contribution in [2.75, 3.05) is 0 Å². The number of carboxylic acids is 1. The molecule has 4 amide bonds. The first-order chi connectivity index (χ1) is 17.8. The van der Waals surface area contributed by atoms with Gasteiger partial charge in [-0.1, -0.05) is 56.3 Å². The molecule has 38 heavy (non-hydrogen) atoms. The fraction of sp³-hybridized carbons (Fsp3) is 0.407. The first-order valence-electron chi connectivity index (χ1n) is 12.3. The fourth-order valence-electron chi connectivity index (χ4n) is 4.47. The van der Waals surface area contributed by atoms with Gasteiger partial charge < -0.3 is 15.3 Å². The minimum atomic E-state index is -1.28. The third-order valence-corrected chi connectivity index (χ3v) is 6.55. The van der Waals surface area contributed by atoms with Crippen molar-refractivity contribution in [1.82, 2.24) is 15.1 Å². The molecule has 202 valence electrons. The van der Waals surface area contributed by atoms with Gasteiger partial charge >= 0.3 is 12.0 Å². The first kappa shape index (κ1) is 28.3. The van der Waals surface area contributed by atoms with Crippen LogP contribution in [0.15, 0.2) is 54.6 Å². The van der Waals surface area contributed by atoms with E-state index >= 15 is 0 Å². The topological polar surface area (TPSA) is 150 Å². The number of carbonyl (C=O) groups excluding carboxylic acids is 3. The minimum absolute atomic E-state index is 0.00768. The highest BCUT2D eigenvalue weighted by molar-refractivity contribution is 6.09. The van der Waals surface area contributed by atoms with Crippen LogP contribution in [0.25, 0.3) is 0 Å². The molecular formula is C27H32N4O7. The van der Waals surface area contributed by atoms with Crippen molar-refractivity contribution in [3.63, 3.8) is 0 Å². The number of aliphatic carboxylic acids is 1. The number of nitrogens with one attached hydrogen (secondary N) is 1. The van der Waals surface area contributed by atoms with Crippen molar-refractivity contribution < 1.29 is 29.2 Å². The zero-order chi connectivity index (χ0) is 28.2. The number of imide groups is 1. The van der Waals surface area contributed by atoms with E-state index in [1.807, 2.05) is 13.8 Å². The summed E-state index contributed by atoms with van der Waals surface area (Å²) in [5.74, 6) is -2.35. The van der Waals surface area contributed by atoms with Crippen LogP contribution in [-0.4, -0.2) is 55.2 Å². The van der Waals surface area contributed by atoms with E-state index in [1.165, 1.54) is 29.2 Å². The van der Waals surface area contributed by atoms with Gasteiger partial charge in [-0.3, -0.25) is 24.5 Å². The van der Waals surface area contributed by atoms with Crippen LogP contribution in [0, 0.1) is 16.0 Å². The predicted octanol–water partition coefficient (Wildman–Crippen LogP) is 3.88. The molecule has 0 unspecified atom stereocenters. The number of urea groups is 1. The molecule has 1 fully saturated rings. The molecule has 1 saturated heterocycles. The molecule has 1 aliphatic rings. The zero-order valence-electron chi connectivity index (χ0n) is 21.8. The number of non-ortho nitro benzene ring substituents is 1. The molecule has 0 aliphatic carbocycles. The highest BCUT2D eigenvalue weighted by Gasteiger charge is 2.54. The Labute approximate surface area is 220 Å². The molecule has 2 aromatic rings. The molecule has 11 heteroatoms. The zero-order valence-corrected chi connectivity index (χ0v) is 21.8. The molecule has 2 N–H and O–H groups in total. The van der Waals surface area contributed by atoms with Crippen molar-refractivity contribution in [2.45, 2.75) is 64.7 Å². The van der Waals surface area contributed by atoms with Gasteiger partial charge in [0, 0.05) is 18.7 Å². The van der Waals surface area contributed by atoms with Crippen LogP contribution in [0.1, 0.15) is 57.7 Å². The first-order valence-corrected chi connectivity index (χ1v) is 12.3. The number of benzene rings is 2. The lowest BCUT2D eigenvalue weighted by Gasteiger charge is -2.29. The van der Waals surface area contributed by atoms with Crippen molar-refractivity contribution >= 4 is 29.5 Å². The summed E-state index contributed by atoms with van der Waals surface area (Å²) in [4.78, 5) is 65.0. The monoisotopic (exact) mass is 524 g/mol. The second-order valence-electron chi connectivity index (χ2n) is 10.2. The van der Waals surface area contributed by atoms with Crippen LogP contribution >= 0.6 is 0 Å². The summed E-state index contributed by atoms with van der Waals surface area (Å²) in [5, 5.41) is 23.1. The molecular weight excluding hydrogens is 492 g/mol. The smallest absolute Gasteiger partial charge is 0.328 e. The van der Waals surface area contributed by atoms with Crippen molar-refractivity contribution in [2.24, 2.45) is 5.92 Å². The van der Waals surface area contributed by atoms with Crippen LogP contribution in [0.5, 0.6) is 0 Å². The standard InChI is InChI=1S/C27H32N4O7/c1-17(2)14-22(24(34)28-21(15-23(32)33)19-8-6-5-7-9-19)30-25(35)27(3,4)29(26(30)36)16-18-10-12-20(13-11-18)31(37)38/h5-13,17,21-22H,14-16H2,1-4H3,(H,28,34)(H,32,33)/t21-,22-/m0/s1. The van der Waals surface area contributed by atoms with E-state index in [9.17, 15) is 34.4 Å². The summed E-state index contributed by atoms with van der Waals surface area (Å²) in [6.45, 7) is 6.89. The fourth-order valence-corrected chi connectivity index (χ4v) is 4.47. The second kappa shape index (κ2) is 11.4. The Morgan fingerprint density at radius 3 is 2.18 bits per heavy atom. The van der Waals surface area contributed by atoms with Crippen molar-refractivity contribution in [3.8, 4) is 0 Å². The molecule has 0 bridgehead atoms. The minimum Gasteiger partial charge on any atom is -0.481 e. The molecule has 11 nitrogen and oxygen atoms in total. The largest absolute Gasteiger partial charge is 0.481 e. The van der Waals surface area contributed by atoms with Gasteiger partial charge in [-0.2, -0.15) is 0 Å². The lowest BCUT2D eigenvalue weighted by Crippen LogP contribution is -2.52. The Bertz CT molecular complexity index is 1210. The summed E-state index contributed by atoms with van der Waals surface area (Å²) in [7, 11) is 0. The molecule has 2 atom stereocenters. The lowest BCUT2D eigenvalue weighted by atomic mass is 9.98. The number of hydrogen-bond acceptors (Lipinski definition) is 6. The summed E-state index contributed by atoms with van der Waals surface area (Å²) in [5.41, 5.74) is -0.205. The summed E-state index contributed by atoms with van der Waals surface area (Å²) < 4.78 is 0. The van der Waals surface area contributed by atoms with Crippen LogP contribution in [0.3, 0.4) is 0 Å². The highest BCUT2D eigenvalue weighted by atomic mass is 16.6. The Kier molecular flexibility index (Phi) is 8.49. The number of rotatable bonds is 11. The quantitative estimate of drug-likeness (QED) is 0.257. The third kappa shape index (κ3) is 6.16. The number of carbonyl (C=O) groups is 4. The highest BCUT2D eigenvalue weighted by Crippen LogP contribution is 2.33. The molecule has 3 rings (SSSR count). The van der Waals surface area contributed by atoms with Gasteiger partial charge in [0.25, 0.3) is 11.6 Å². The Balaban J connectivity index is 1.90. The third-order valence-electron chi connectivity index (χ3n) is 6.55. The van der Waals surface area contributed by atoms with Gasteiger partial charge in [0.1, 0.15) is 11.6 Å². The Morgan fingerprint density at radius 1 is 1.05 bits per heavy atom. The van der Waals surface area contributed by atoms with Gasteiger partial charge in [-0.25, -0.2) is 9.69 Å². The van der Waals surface area contributed by atoms with Crippen LogP contribution in [-0.2, 0) is 20.9 Å². The number of amides is 4. The normalized spacial score (nSPS) is 16.4. The average molecular weight is 525 g/mol. The van der Waals surface area contributed by atoms with Gasteiger partial charge in [-0.05, 0) is 37.3 Å². The van der Waals surface area contributed by atoms with Crippen LogP contribution in [0.4, 0.5) is 10.5 Å². The van der Waals surface area contributed by atoms with E-state index in [1.54, 1.807) is 44.2 Å². The number of carboxylic acid groups (broad SMARTS) is 1. The molecule has 0 radical (unpaired) electrons. The van der Waals surface area contributed by atoms with Crippen LogP contribution < -0.4 is 5.32 Å². The number of nitro groups is 1. The molecule has 0 aromatic heterocycles. The molecule has 1 heterocycles. The average Bonchev–Trinajstić information content (AvgIpc) is 3.01. The molecule has 1 aliphatic heterocycles. The second-order valence-corrected chi connectivity index (χ2v) is 10.2. The summed E-state index contributed by atoms with van der Waals surface area (Å²) in [6, 6.07) is 11.6. The molecule has 0 spiro atoms. The number of nitro benzene ring substituents is 1. The van der Waals surface area contributed by atoms with Crippen LogP contribution in [0.2, 0.25) is 0 Å². The van der Waals surface area contributed by atoms with E-state index in [-0.39, 0.29) is 31.0 Å². The lowest BCUT2D eigenvalue weighted by molar-refractivity contribution is -0.384. The van der Waals surface area contributed by atoms with E-state index in [2.05, 4.69) is 5.32 Å². The Hall–Kier alpha value is -4.28. The van der Waals surface area contributed by atoms with Gasteiger partial charge in [0.15, 0.2) is 0 Å². The molecule has 0 saturated carbocycles. The number of nitrogens with zero attached hydrogens (tertiary/aromatic N) is 3. The van der Waals surface area contributed by atoms with E-state index in [0.29, 0.717) is 11.1 Å². The van der Waals surface area contributed by atoms with Gasteiger partial charge in [0.2, 0.25) is 5.91 Å². The Morgan fingerprint density at radius 2 is 1.66 bits per heavy atom. The maximum Gasteiger partial charge on any atom is 0.328 e. The maximum absolute atomic E-state index is 13.6. The SMILES string of the molecule is CC(C)C[C@@H](C(=O)N[C@@H](CC(=O)O)c1ccccc1)N1C(=O)N(Cc2ccc([N+](=O)[O-])cc2)C(C)(C)C1=O. The van der Waals surface area contributed by atoms with E-state index in [4.69, 9.17) is 0 Å². The van der Waals surface area contributed by atoms with Crippen molar-refractivity contribution in [1.29, 1.82) is 0 Å². The predicted molar refractivity (Wildman–Crippen MR) is 138 cm³/mol.